The van der Waals surface area contributed by atoms with Crippen molar-refractivity contribution in [3.05, 3.63) is 106 Å². The lowest BCUT2D eigenvalue weighted by Gasteiger charge is -2.25. The zero-order valence-corrected chi connectivity index (χ0v) is 27.1. The maximum atomic E-state index is 14.1. The summed E-state index contributed by atoms with van der Waals surface area (Å²) in [4.78, 5) is 53.5. The van der Waals surface area contributed by atoms with Gasteiger partial charge in [-0.2, -0.15) is 0 Å². The van der Waals surface area contributed by atoms with Gasteiger partial charge < -0.3 is 14.2 Å². The Labute approximate surface area is 271 Å². The highest BCUT2D eigenvalue weighted by atomic mass is 32.2. The quantitative estimate of drug-likeness (QED) is 0.106. The van der Waals surface area contributed by atoms with E-state index in [1.54, 1.807) is 43.3 Å². The van der Waals surface area contributed by atoms with Gasteiger partial charge in [-0.05, 0) is 80.4 Å². The number of nitro benzene ring substituents is 1. The monoisotopic (exact) mass is 659 g/mol. The van der Waals surface area contributed by atoms with Crippen LogP contribution in [0.25, 0.3) is 6.08 Å². The number of carbonyl (C=O) groups is 1. The van der Waals surface area contributed by atoms with E-state index in [4.69, 9.17) is 19.2 Å². The zero-order chi connectivity index (χ0) is 32.5. The first-order valence-corrected chi connectivity index (χ1v) is 16.2. The molecule has 4 heterocycles. The van der Waals surface area contributed by atoms with Crippen LogP contribution in [0.5, 0.6) is 11.5 Å². The summed E-state index contributed by atoms with van der Waals surface area (Å²) in [6.45, 7) is 7.61. The van der Waals surface area contributed by atoms with Crippen LogP contribution < -0.4 is 24.4 Å². The summed E-state index contributed by atoms with van der Waals surface area (Å²) < 4.78 is 18.3. The first-order valence-electron chi connectivity index (χ1n) is 14.6. The van der Waals surface area contributed by atoms with Gasteiger partial charge in [0.25, 0.3) is 11.2 Å². The van der Waals surface area contributed by atoms with E-state index in [1.165, 1.54) is 10.6 Å². The summed E-state index contributed by atoms with van der Waals surface area (Å²) in [5, 5.41) is 12.5. The summed E-state index contributed by atoms with van der Waals surface area (Å²) in [6, 6.07) is 11.1. The largest absolute Gasteiger partial charge is 0.463 e. The molecule has 0 aliphatic carbocycles. The molecular formula is C32H29N5O7S2. The van der Waals surface area contributed by atoms with Crippen LogP contribution in [0.15, 0.2) is 73.6 Å². The molecule has 0 unspecified atom stereocenters. The van der Waals surface area contributed by atoms with Crippen molar-refractivity contribution in [3.63, 3.8) is 0 Å². The van der Waals surface area contributed by atoms with Crippen molar-refractivity contribution < 1.29 is 23.9 Å². The summed E-state index contributed by atoms with van der Waals surface area (Å²) in [5.74, 6) is 0.524. The van der Waals surface area contributed by atoms with E-state index in [0.29, 0.717) is 60.6 Å². The molecule has 236 valence electrons. The van der Waals surface area contributed by atoms with Gasteiger partial charge in [0.2, 0.25) is 6.79 Å². The van der Waals surface area contributed by atoms with Crippen molar-refractivity contribution in [2.75, 3.05) is 13.4 Å². The van der Waals surface area contributed by atoms with Gasteiger partial charge in [-0.15, -0.1) is 0 Å². The van der Waals surface area contributed by atoms with Gasteiger partial charge in [0.15, 0.2) is 21.5 Å². The van der Waals surface area contributed by atoms with E-state index in [2.05, 4.69) is 9.97 Å². The Bertz CT molecular complexity index is 2080. The second-order valence-corrected chi connectivity index (χ2v) is 12.6. The minimum Gasteiger partial charge on any atom is -0.463 e. The molecule has 0 N–H and O–H groups in total. The highest BCUT2D eigenvalue weighted by Crippen LogP contribution is 2.39. The lowest BCUT2D eigenvalue weighted by atomic mass is 9.94. The van der Waals surface area contributed by atoms with Gasteiger partial charge in [0.1, 0.15) is 0 Å². The van der Waals surface area contributed by atoms with Crippen molar-refractivity contribution in [1.82, 2.24) is 14.5 Å². The number of thiazole rings is 1. The number of nitro groups is 1. The molecule has 1 atom stereocenters. The first-order chi connectivity index (χ1) is 22.2. The van der Waals surface area contributed by atoms with E-state index >= 15 is 0 Å². The molecule has 0 radical (unpaired) electrons. The number of nitrogens with zero attached hydrogens (tertiary/aromatic N) is 5. The molecule has 2 aromatic heterocycles. The molecule has 2 aliphatic heterocycles. The minimum absolute atomic E-state index is 0.0737. The Balaban J connectivity index is 1.48. The summed E-state index contributed by atoms with van der Waals surface area (Å²) in [5.41, 5.74) is 2.91. The second kappa shape index (κ2) is 12.9. The molecule has 4 aromatic rings. The topological polar surface area (TPSA) is 148 Å². The Morgan fingerprint density at radius 1 is 1.13 bits per heavy atom. The molecule has 14 heteroatoms. The molecular weight excluding hydrogens is 631 g/mol. The first kappa shape index (κ1) is 31.2. The SMILES string of the molecule is CCCC1=C(C(=O)OCC)[C@@H](c2ccc3c(c2)OCO3)n2c(s/c(=C/c3ccc(Sc4nc(C)cc(C)n4)c([N+](=O)[O-])c3)c2=O)=N1. The second-order valence-electron chi connectivity index (χ2n) is 10.5. The van der Waals surface area contributed by atoms with Crippen molar-refractivity contribution in [3.8, 4) is 11.5 Å². The van der Waals surface area contributed by atoms with Crippen molar-refractivity contribution in [2.45, 2.75) is 56.6 Å². The van der Waals surface area contributed by atoms with Gasteiger partial charge in [-0.1, -0.05) is 36.8 Å². The third-order valence-electron chi connectivity index (χ3n) is 7.25. The smallest absolute Gasteiger partial charge is 0.338 e. The number of aromatic nitrogens is 3. The van der Waals surface area contributed by atoms with E-state index in [0.717, 1.165) is 34.5 Å². The molecule has 0 saturated heterocycles. The predicted octanol–water partition coefficient (Wildman–Crippen LogP) is 4.77. The Morgan fingerprint density at radius 2 is 1.89 bits per heavy atom. The highest BCUT2D eigenvalue weighted by molar-refractivity contribution is 7.99. The van der Waals surface area contributed by atoms with Gasteiger partial charge in [0, 0.05) is 17.5 Å². The minimum atomic E-state index is -0.834. The molecule has 0 bridgehead atoms. The average Bonchev–Trinajstić information content (AvgIpc) is 3.60. The molecule has 2 aromatic carbocycles. The lowest BCUT2D eigenvalue weighted by Crippen LogP contribution is -2.40. The highest BCUT2D eigenvalue weighted by Gasteiger charge is 2.35. The molecule has 0 spiro atoms. The maximum Gasteiger partial charge on any atom is 0.338 e. The number of benzene rings is 2. The fourth-order valence-electron chi connectivity index (χ4n) is 5.36. The third kappa shape index (κ3) is 6.05. The number of aryl methyl sites for hydroxylation is 2. The van der Waals surface area contributed by atoms with Crippen LogP contribution in [0.4, 0.5) is 5.69 Å². The van der Waals surface area contributed by atoms with Crippen LogP contribution in [0.1, 0.15) is 55.2 Å². The predicted molar refractivity (Wildman–Crippen MR) is 171 cm³/mol. The van der Waals surface area contributed by atoms with Crippen LogP contribution in [0.2, 0.25) is 0 Å². The number of hydrogen-bond acceptors (Lipinski definition) is 12. The van der Waals surface area contributed by atoms with Gasteiger partial charge in [-0.25, -0.2) is 19.8 Å². The summed E-state index contributed by atoms with van der Waals surface area (Å²) in [6.07, 6.45) is 2.81. The standard InChI is InChI=1S/C32H29N5O7S2/c1-5-7-21-27(30(39)42-6-2)28(20-9-10-23-24(15-20)44-16-43-23)36-29(38)26(46-32(36)35-21)14-19-8-11-25(22(13-19)37(40)41)45-31-33-17(3)12-18(4)34-31/h8-15,28H,5-7,16H2,1-4H3/b26-14+/t28-/m1/s1. The van der Waals surface area contributed by atoms with E-state index in [9.17, 15) is 19.7 Å². The Hall–Kier alpha value is -4.82. The number of allylic oxidation sites excluding steroid dienone is 1. The molecule has 0 amide bonds. The number of ether oxygens (including phenoxy) is 3. The van der Waals surface area contributed by atoms with E-state index < -0.39 is 22.5 Å². The number of fused-ring (bicyclic) bond motifs is 2. The maximum absolute atomic E-state index is 14.1. The van der Waals surface area contributed by atoms with Crippen LogP contribution in [-0.2, 0) is 9.53 Å². The van der Waals surface area contributed by atoms with Gasteiger partial charge >= 0.3 is 5.97 Å². The van der Waals surface area contributed by atoms with Crippen molar-refractivity contribution >= 4 is 40.8 Å². The average molecular weight is 660 g/mol. The lowest BCUT2D eigenvalue weighted by molar-refractivity contribution is -0.387. The zero-order valence-electron chi connectivity index (χ0n) is 25.4. The third-order valence-corrected chi connectivity index (χ3v) is 9.16. The Morgan fingerprint density at radius 3 is 2.61 bits per heavy atom. The molecule has 0 saturated carbocycles. The number of carbonyl (C=O) groups excluding carboxylic acids is 1. The van der Waals surface area contributed by atoms with Crippen LogP contribution in [0, 0.1) is 24.0 Å². The normalized spacial score (nSPS) is 15.5. The molecule has 12 nitrogen and oxygen atoms in total. The molecule has 46 heavy (non-hydrogen) atoms. The van der Waals surface area contributed by atoms with Crippen LogP contribution in [0.3, 0.4) is 0 Å². The van der Waals surface area contributed by atoms with Gasteiger partial charge in [-0.3, -0.25) is 19.5 Å². The van der Waals surface area contributed by atoms with Crippen molar-refractivity contribution in [1.29, 1.82) is 0 Å². The van der Waals surface area contributed by atoms with E-state index in [1.807, 2.05) is 26.8 Å². The number of esters is 1. The summed E-state index contributed by atoms with van der Waals surface area (Å²) in [7, 11) is 0. The molecule has 0 fully saturated rings. The van der Waals surface area contributed by atoms with E-state index in [-0.39, 0.29) is 24.7 Å². The van der Waals surface area contributed by atoms with Crippen LogP contribution >= 0.6 is 23.1 Å². The number of hydrogen-bond donors (Lipinski definition) is 0. The molecule has 6 rings (SSSR count). The summed E-state index contributed by atoms with van der Waals surface area (Å²) >= 11 is 2.26. The molecule has 2 aliphatic rings. The van der Waals surface area contributed by atoms with Gasteiger partial charge in [0.05, 0.1) is 38.3 Å². The fourth-order valence-corrected chi connectivity index (χ4v) is 7.33. The Kier molecular flexibility index (Phi) is 8.73. The van der Waals surface area contributed by atoms with Crippen molar-refractivity contribution in [2.24, 2.45) is 4.99 Å². The number of rotatable bonds is 9. The van der Waals surface area contributed by atoms with Crippen LogP contribution in [-0.4, -0.2) is 38.8 Å². The fraction of sp³-hybridized carbons (Fsp3) is 0.281.